The number of aromatic nitrogens is 1. The molecule has 0 fully saturated rings. The van der Waals surface area contributed by atoms with Crippen LogP contribution in [-0.4, -0.2) is 13.1 Å². The number of pyridine rings is 1. The molecule has 1 aromatic heterocycles. The van der Waals surface area contributed by atoms with Crippen LogP contribution in [0.25, 0.3) is 5.57 Å². The van der Waals surface area contributed by atoms with Crippen LogP contribution in [0.1, 0.15) is 44.9 Å². The van der Waals surface area contributed by atoms with Crippen molar-refractivity contribution >= 4 is 18.8 Å². The minimum Gasteiger partial charge on any atom is -0.256 e. The van der Waals surface area contributed by atoms with Crippen LogP contribution < -0.4 is 5.19 Å². The molecular weight excluding hydrogens is 222 g/mol. The van der Waals surface area contributed by atoms with Gasteiger partial charge in [-0.15, -0.1) is 0 Å². The van der Waals surface area contributed by atoms with Crippen molar-refractivity contribution in [2.45, 2.75) is 53.3 Å². The molecule has 94 valence electrons. The Kier molecular flexibility index (Phi) is 4.31. The van der Waals surface area contributed by atoms with Gasteiger partial charge in [-0.25, -0.2) is 0 Å². The van der Waals surface area contributed by atoms with Gasteiger partial charge in [-0.1, -0.05) is 45.6 Å². The fourth-order valence-electron chi connectivity index (χ4n) is 1.80. The number of allylic oxidation sites excluding steroid dienone is 2. The van der Waals surface area contributed by atoms with Gasteiger partial charge in [-0.3, -0.25) is 4.98 Å². The normalized spacial score (nSPS) is 13.3. The van der Waals surface area contributed by atoms with E-state index < -0.39 is 8.07 Å². The van der Waals surface area contributed by atoms with Crippen LogP contribution in [0.4, 0.5) is 0 Å². The fourth-order valence-corrected chi connectivity index (χ4v) is 2.84. The van der Waals surface area contributed by atoms with E-state index in [9.17, 15) is 0 Å². The summed E-state index contributed by atoms with van der Waals surface area (Å²) in [4.78, 5) is 4.70. The van der Waals surface area contributed by atoms with Gasteiger partial charge in [0.25, 0.3) is 0 Å². The minimum atomic E-state index is -1.26. The third-order valence-corrected chi connectivity index (χ3v) is 5.22. The van der Waals surface area contributed by atoms with Crippen molar-refractivity contribution in [3.8, 4) is 0 Å². The molecule has 0 radical (unpaired) electrons. The molecule has 1 rings (SSSR count). The molecular formula is C15H25NSi. The monoisotopic (exact) mass is 247 g/mol. The lowest BCUT2D eigenvalue weighted by atomic mass is 9.98. The summed E-state index contributed by atoms with van der Waals surface area (Å²) in [6.45, 7) is 15.8. The lowest BCUT2D eigenvalue weighted by Crippen LogP contribution is -2.38. The zero-order chi connectivity index (χ0) is 13.2. The Morgan fingerprint density at radius 2 is 1.88 bits per heavy atom. The van der Waals surface area contributed by atoms with Crippen LogP contribution in [0.5, 0.6) is 0 Å². The maximum absolute atomic E-state index is 4.70. The minimum absolute atomic E-state index is 0.531. The number of hydrogen-bond donors (Lipinski definition) is 0. The predicted molar refractivity (Wildman–Crippen MR) is 80.6 cm³/mol. The average molecular weight is 247 g/mol. The second-order valence-electron chi connectivity index (χ2n) is 6.04. The molecule has 0 aliphatic carbocycles. The molecule has 0 aliphatic rings. The molecule has 17 heavy (non-hydrogen) atoms. The Bertz CT molecular complexity index is 425. The zero-order valence-electron chi connectivity index (χ0n) is 12.3. The van der Waals surface area contributed by atoms with Crippen molar-refractivity contribution < 1.29 is 0 Å². The first-order chi connectivity index (χ1) is 7.77. The van der Waals surface area contributed by atoms with Crippen LogP contribution in [0, 0.1) is 0 Å². The largest absolute Gasteiger partial charge is 0.256 e. The third kappa shape index (κ3) is 3.29. The summed E-state index contributed by atoms with van der Waals surface area (Å²) in [6.07, 6.45) is 4.23. The summed E-state index contributed by atoms with van der Waals surface area (Å²) >= 11 is 0. The Hall–Kier alpha value is -0.893. The highest BCUT2D eigenvalue weighted by Gasteiger charge is 2.19. The summed E-state index contributed by atoms with van der Waals surface area (Å²) in [5.41, 5.74) is 3.83. The second kappa shape index (κ2) is 5.17. The highest BCUT2D eigenvalue weighted by Crippen LogP contribution is 2.23. The van der Waals surface area contributed by atoms with Gasteiger partial charge in [0.05, 0.1) is 13.8 Å². The standard InChI is InChI=1S/C15H25NSi/c1-8-12(4)15-14(11(2)3)9-13(10-16-15)17(5,6)7/h8-11H,1-7H3/b12-8+. The van der Waals surface area contributed by atoms with Crippen LogP contribution in [-0.2, 0) is 0 Å². The Morgan fingerprint density at radius 3 is 2.29 bits per heavy atom. The Morgan fingerprint density at radius 1 is 1.29 bits per heavy atom. The smallest absolute Gasteiger partial charge is 0.0796 e. The summed E-state index contributed by atoms with van der Waals surface area (Å²) in [5, 5.41) is 1.45. The highest BCUT2D eigenvalue weighted by molar-refractivity contribution is 6.88. The highest BCUT2D eigenvalue weighted by atomic mass is 28.3. The van der Waals surface area contributed by atoms with Gasteiger partial charge in [-0.05, 0) is 36.1 Å². The fraction of sp³-hybridized carbons (Fsp3) is 0.533. The van der Waals surface area contributed by atoms with Crippen molar-refractivity contribution in [3.63, 3.8) is 0 Å². The van der Waals surface area contributed by atoms with Gasteiger partial charge in [0.2, 0.25) is 0 Å². The molecule has 0 aliphatic heterocycles. The van der Waals surface area contributed by atoms with Crippen LogP contribution in [0.15, 0.2) is 18.3 Å². The van der Waals surface area contributed by atoms with E-state index in [1.165, 1.54) is 22.0 Å². The van der Waals surface area contributed by atoms with Crippen LogP contribution in [0.3, 0.4) is 0 Å². The maximum atomic E-state index is 4.70. The summed E-state index contributed by atoms with van der Waals surface area (Å²) in [5.74, 6) is 0.531. The molecule has 1 heterocycles. The van der Waals surface area contributed by atoms with E-state index >= 15 is 0 Å². The van der Waals surface area contributed by atoms with Gasteiger partial charge in [-0.2, -0.15) is 0 Å². The lowest BCUT2D eigenvalue weighted by molar-refractivity contribution is 0.853. The summed E-state index contributed by atoms with van der Waals surface area (Å²) in [7, 11) is -1.26. The molecule has 0 unspecified atom stereocenters. The lowest BCUT2D eigenvalue weighted by Gasteiger charge is -2.20. The van der Waals surface area contributed by atoms with Crippen molar-refractivity contribution in [3.05, 3.63) is 29.6 Å². The van der Waals surface area contributed by atoms with Crippen molar-refractivity contribution in [2.75, 3.05) is 0 Å². The quantitative estimate of drug-likeness (QED) is 0.730. The summed E-state index contributed by atoms with van der Waals surface area (Å²) < 4.78 is 0. The first-order valence-corrected chi connectivity index (χ1v) is 9.91. The third-order valence-electron chi connectivity index (χ3n) is 3.21. The first-order valence-electron chi connectivity index (χ1n) is 6.41. The van der Waals surface area contributed by atoms with Crippen molar-refractivity contribution in [1.82, 2.24) is 4.98 Å². The summed E-state index contributed by atoms with van der Waals surface area (Å²) in [6, 6.07) is 2.38. The topological polar surface area (TPSA) is 12.9 Å². The van der Waals surface area contributed by atoms with E-state index in [1.807, 2.05) is 0 Å². The molecule has 0 amide bonds. The number of nitrogens with zero attached hydrogens (tertiary/aromatic N) is 1. The van der Waals surface area contributed by atoms with E-state index in [1.54, 1.807) is 0 Å². The molecule has 1 nitrogen and oxygen atoms in total. The van der Waals surface area contributed by atoms with Gasteiger partial charge >= 0.3 is 0 Å². The maximum Gasteiger partial charge on any atom is 0.0796 e. The molecule has 0 aromatic carbocycles. The van der Waals surface area contributed by atoms with E-state index in [4.69, 9.17) is 4.98 Å². The molecule has 0 spiro atoms. The molecule has 0 atom stereocenters. The average Bonchev–Trinajstić information content (AvgIpc) is 2.25. The Balaban J connectivity index is 3.38. The van der Waals surface area contributed by atoms with Gasteiger partial charge < -0.3 is 0 Å². The molecule has 1 aromatic rings. The molecule has 2 heteroatoms. The number of hydrogen-bond acceptors (Lipinski definition) is 1. The van der Waals surface area contributed by atoms with Gasteiger partial charge in [0.1, 0.15) is 0 Å². The van der Waals surface area contributed by atoms with E-state index in [-0.39, 0.29) is 0 Å². The van der Waals surface area contributed by atoms with Crippen LogP contribution in [0.2, 0.25) is 19.6 Å². The van der Waals surface area contributed by atoms with Crippen molar-refractivity contribution in [1.29, 1.82) is 0 Å². The van der Waals surface area contributed by atoms with Gasteiger partial charge in [0.15, 0.2) is 0 Å². The molecule has 0 N–H and O–H groups in total. The second-order valence-corrected chi connectivity index (χ2v) is 11.1. The predicted octanol–water partition coefficient (Wildman–Crippen LogP) is 4.17. The van der Waals surface area contributed by atoms with Crippen molar-refractivity contribution in [2.24, 2.45) is 0 Å². The zero-order valence-corrected chi connectivity index (χ0v) is 13.3. The first kappa shape index (κ1) is 14.2. The molecule has 0 saturated carbocycles. The number of rotatable bonds is 3. The molecule has 0 bridgehead atoms. The SMILES string of the molecule is C/C=C(\C)c1ncc([Si](C)(C)C)cc1C(C)C. The van der Waals surface area contributed by atoms with Crippen LogP contribution >= 0.6 is 0 Å². The molecule has 0 saturated heterocycles. The van der Waals surface area contributed by atoms with Gasteiger partial charge in [0, 0.05) is 6.20 Å². The Labute approximate surface area is 107 Å². The van der Waals surface area contributed by atoms with E-state index in [2.05, 4.69) is 65.7 Å². The van der Waals surface area contributed by atoms with E-state index in [0.717, 1.165) is 0 Å². The van der Waals surface area contributed by atoms with E-state index in [0.29, 0.717) is 5.92 Å².